The fraction of sp³-hybridized carbons (Fsp3) is 0. The Morgan fingerprint density at radius 3 is 1.00 bits per heavy atom. The summed E-state index contributed by atoms with van der Waals surface area (Å²) >= 11 is 0. The van der Waals surface area contributed by atoms with E-state index < -0.39 is 0 Å². The third-order valence-electron chi connectivity index (χ3n) is 12.6. The van der Waals surface area contributed by atoms with Gasteiger partial charge in [-0.1, -0.05) is 188 Å². The molecular formula is C63H42N4. The van der Waals surface area contributed by atoms with Crippen molar-refractivity contribution in [2.75, 3.05) is 0 Å². The van der Waals surface area contributed by atoms with Crippen molar-refractivity contribution in [3.8, 4) is 95.5 Å². The highest BCUT2D eigenvalue weighted by Crippen LogP contribution is 2.40. The molecule has 9 aromatic carbocycles. The van der Waals surface area contributed by atoms with Crippen LogP contribution in [0.25, 0.3) is 117 Å². The largest absolute Gasteiger partial charge is 0.294 e. The molecule has 314 valence electrons. The van der Waals surface area contributed by atoms with Gasteiger partial charge < -0.3 is 0 Å². The van der Waals surface area contributed by atoms with Crippen LogP contribution in [0.4, 0.5) is 0 Å². The van der Waals surface area contributed by atoms with Crippen LogP contribution in [0.1, 0.15) is 0 Å². The van der Waals surface area contributed by atoms with Gasteiger partial charge in [-0.15, -0.1) is 0 Å². The minimum absolute atomic E-state index is 0.665. The molecule has 0 unspecified atom stereocenters. The van der Waals surface area contributed by atoms with Gasteiger partial charge in [0.25, 0.3) is 0 Å². The summed E-state index contributed by atoms with van der Waals surface area (Å²) in [4.78, 5) is 16.0. The third kappa shape index (κ3) is 7.77. The number of aromatic nitrogens is 4. The zero-order chi connectivity index (χ0) is 44.5. The number of fused-ring (bicyclic) bond motifs is 3. The van der Waals surface area contributed by atoms with Gasteiger partial charge in [-0.05, 0) is 111 Å². The van der Waals surface area contributed by atoms with Gasteiger partial charge in [-0.25, -0.2) is 15.0 Å². The van der Waals surface area contributed by atoms with E-state index in [2.05, 4.69) is 241 Å². The molecule has 0 aliphatic carbocycles. The molecule has 4 heteroatoms. The Bertz CT molecular complexity index is 3340. The van der Waals surface area contributed by atoms with E-state index in [9.17, 15) is 0 Å². The first kappa shape index (κ1) is 39.6. The first-order valence-electron chi connectivity index (χ1n) is 22.7. The molecule has 67 heavy (non-hydrogen) atoms. The van der Waals surface area contributed by atoms with E-state index in [1.54, 1.807) is 0 Å². The summed E-state index contributed by atoms with van der Waals surface area (Å²) in [6.45, 7) is 0. The van der Waals surface area contributed by atoms with Gasteiger partial charge in [-0.2, -0.15) is 0 Å². The maximum Gasteiger partial charge on any atom is 0.160 e. The lowest BCUT2D eigenvalue weighted by Gasteiger charge is -2.14. The highest BCUT2D eigenvalue weighted by molar-refractivity contribution is 6.11. The average molecular weight is 855 g/mol. The molecule has 0 fully saturated rings. The van der Waals surface area contributed by atoms with Crippen LogP contribution >= 0.6 is 0 Å². The second-order valence-corrected chi connectivity index (χ2v) is 16.9. The monoisotopic (exact) mass is 854 g/mol. The van der Waals surface area contributed by atoms with Crippen molar-refractivity contribution in [2.45, 2.75) is 0 Å². The Labute approximate surface area is 389 Å². The zero-order valence-electron chi connectivity index (χ0n) is 36.5. The summed E-state index contributed by atoms with van der Waals surface area (Å²) < 4.78 is 2.32. The second-order valence-electron chi connectivity index (χ2n) is 16.9. The molecule has 12 aromatic rings. The lowest BCUT2D eigenvalue weighted by Crippen LogP contribution is -2.00. The number of hydrogen-bond donors (Lipinski definition) is 0. The maximum atomic E-state index is 5.45. The average Bonchev–Trinajstić information content (AvgIpc) is 3.75. The summed E-state index contributed by atoms with van der Waals surface area (Å²) in [7, 11) is 0. The van der Waals surface area contributed by atoms with Crippen molar-refractivity contribution in [1.82, 2.24) is 19.5 Å². The summed E-state index contributed by atoms with van der Waals surface area (Å²) in [6.07, 6.45) is 0. The molecule has 0 amide bonds. The Morgan fingerprint density at radius 2 is 0.567 bits per heavy atom. The van der Waals surface area contributed by atoms with Gasteiger partial charge in [0.05, 0.1) is 28.1 Å². The number of nitrogens with zero attached hydrogens (tertiary/aromatic N) is 4. The van der Waals surface area contributed by atoms with Crippen LogP contribution in [-0.2, 0) is 0 Å². The number of benzene rings is 9. The van der Waals surface area contributed by atoms with Crippen LogP contribution in [0.15, 0.2) is 255 Å². The standard InChI is InChI=1S/C63H42N4/c1-7-19-43(20-8-1)51-35-52(44-21-9-2-10-22-44)37-53(36-51)49-31-33-60-55(38-49)56-39-50(63-65-58(47-27-15-5-16-28-47)42-59(66-63)48-29-17-6-18-30-48)32-34-61(56)67(60)62-41-54(45-23-11-3-12-24-45)40-57(64-62)46-25-13-4-14-26-46/h1-42H. The molecule has 0 radical (unpaired) electrons. The Kier molecular flexibility index (Phi) is 10.2. The molecule has 12 rings (SSSR count). The van der Waals surface area contributed by atoms with Crippen LogP contribution in [-0.4, -0.2) is 19.5 Å². The predicted molar refractivity (Wildman–Crippen MR) is 278 cm³/mol. The van der Waals surface area contributed by atoms with Gasteiger partial charge in [0.2, 0.25) is 0 Å². The lowest BCUT2D eigenvalue weighted by atomic mass is 9.93. The molecule has 0 bridgehead atoms. The van der Waals surface area contributed by atoms with Gasteiger partial charge in [0.15, 0.2) is 5.82 Å². The number of pyridine rings is 1. The highest BCUT2D eigenvalue weighted by Gasteiger charge is 2.20. The third-order valence-corrected chi connectivity index (χ3v) is 12.6. The summed E-state index contributed by atoms with van der Waals surface area (Å²) in [5.41, 5.74) is 18.0. The van der Waals surface area contributed by atoms with Crippen molar-refractivity contribution in [2.24, 2.45) is 0 Å². The van der Waals surface area contributed by atoms with Gasteiger partial charge in [-0.3, -0.25) is 4.57 Å². The van der Waals surface area contributed by atoms with Crippen LogP contribution in [0.2, 0.25) is 0 Å². The molecular weight excluding hydrogens is 813 g/mol. The van der Waals surface area contributed by atoms with E-state index in [1.165, 1.54) is 22.3 Å². The van der Waals surface area contributed by atoms with Crippen LogP contribution in [0, 0.1) is 0 Å². The van der Waals surface area contributed by atoms with Crippen molar-refractivity contribution in [1.29, 1.82) is 0 Å². The number of rotatable bonds is 9. The van der Waals surface area contributed by atoms with Crippen molar-refractivity contribution < 1.29 is 0 Å². The maximum absolute atomic E-state index is 5.45. The minimum Gasteiger partial charge on any atom is -0.294 e. The van der Waals surface area contributed by atoms with Gasteiger partial charge in [0, 0.05) is 33.0 Å². The van der Waals surface area contributed by atoms with Crippen LogP contribution in [0.3, 0.4) is 0 Å². The summed E-state index contributed by atoms with van der Waals surface area (Å²) in [6, 6.07) is 90.0. The predicted octanol–water partition coefficient (Wildman–Crippen LogP) is 16.3. The Hall–Kier alpha value is -8.99. The van der Waals surface area contributed by atoms with Crippen LogP contribution in [0.5, 0.6) is 0 Å². The zero-order valence-corrected chi connectivity index (χ0v) is 36.5. The molecule has 0 saturated carbocycles. The summed E-state index contributed by atoms with van der Waals surface area (Å²) in [5, 5.41) is 2.19. The van der Waals surface area contributed by atoms with Crippen molar-refractivity contribution >= 4 is 21.8 Å². The van der Waals surface area contributed by atoms with Gasteiger partial charge >= 0.3 is 0 Å². The SMILES string of the molecule is c1ccc(-c2cc(-c3ccccc3)cc(-c3ccc4c(c3)c3cc(-c5nc(-c6ccccc6)cc(-c6ccccc6)n5)ccc3n4-c3cc(-c4ccccc4)cc(-c4ccccc4)n3)c2)cc1. The second kappa shape index (κ2) is 17.2. The molecule has 0 aliphatic rings. The minimum atomic E-state index is 0.665. The Balaban J connectivity index is 1.11. The number of hydrogen-bond acceptors (Lipinski definition) is 3. The smallest absolute Gasteiger partial charge is 0.160 e. The van der Waals surface area contributed by atoms with E-state index >= 15 is 0 Å². The molecule has 0 atom stereocenters. The molecule has 3 heterocycles. The van der Waals surface area contributed by atoms with E-state index in [1.807, 2.05) is 18.2 Å². The molecule has 0 aliphatic heterocycles. The lowest BCUT2D eigenvalue weighted by molar-refractivity contribution is 1.08. The van der Waals surface area contributed by atoms with E-state index in [0.717, 1.165) is 89.2 Å². The summed E-state index contributed by atoms with van der Waals surface area (Å²) in [5.74, 6) is 1.50. The molecule has 0 saturated heterocycles. The van der Waals surface area contributed by atoms with E-state index in [4.69, 9.17) is 15.0 Å². The molecule has 3 aromatic heterocycles. The highest BCUT2D eigenvalue weighted by atomic mass is 15.1. The van der Waals surface area contributed by atoms with Crippen molar-refractivity contribution in [3.63, 3.8) is 0 Å². The van der Waals surface area contributed by atoms with E-state index in [0.29, 0.717) is 5.82 Å². The Morgan fingerprint density at radius 1 is 0.224 bits per heavy atom. The van der Waals surface area contributed by atoms with E-state index in [-0.39, 0.29) is 0 Å². The fourth-order valence-electron chi connectivity index (χ4n) is 9.25. The normalized spacial score (nSPS) is 11.3. The van der Waals surface area contributed by atoms with Crippen LogP contribution < -0.4 is 0 Å². The first-order valence-corrected chi connectivity index (χ1v) is 22.7. The molecule has 4 nitrogen and oxygen atoms in total. The molecule has 0 spiro atoms. The van der Waals surface area contributed by atoms with Crippen molar-refractivity contribution in [3.05, 3.63) is 255 Å². The van der Waals surface area contributed by atoms with Gasteiger partial charge in [0.1, 0.15) is 5.82 Å². The fourth-order valence-corrected chi connectivity index (χ4v) is 9.25. The molecule has 0 N–H and O–H groups in total. The first-order chi connectivity index (χ1) is 33.2. The quantitative estimate of drug-likeness (QED) is 0.145. The topological polar surface area (TPSA) is 43.6 Å².